The monoisotopic (exact) mass is 274 g/mol. The maximum absolute atomic E-state index is 11.8. The van der Waals surface area contributed by atoms with E-state index in [0.717, 1.165) is 10.1 Å². The van der Waals surface area contributed by atoms with E-state index < -0.39 is 11.2 Å². The van der Waals surface area contributed by atoms with Crippen LogP contribution >= 0.6 is 0 Å². The van der Waals surface area contributed by atoms with Crippen molar-refractivity contribution in [2.24, 2.45) is 7.05 Å². The number of hydrogen-bond donors (Lipinski definition) is 1. The van der Waals surface area contributed by atoms with E-state index in [1.165, 1.54) is 23.9 Å². The molecule has 0 unspecified atom stereocenters. The van der Waals surface area contributed by atoms with Gasteiger partial charge in [-0.15, -0.1) is 0 Å². The number of aromatic nitrogens is 3. The Kier molecular flexibility index (Phi) is 4.09. The van der Waals surface area contributed by atoms with E-state index in [9.17, 15) is 14.4 Å². The van der Waals surface area contributed by atoms with Gasteiger partial charge < -0.3 is 5.32 Å². The number of carbonyl (C=O) groups is 1. The molecule has 1 amide bonds. The first kappa shape index (κ1) is 13.7. The number of rotatable bonds is 4. The summed E-state index contributed by atoms with van der Waals surface area (Å²) in [6.45, 7) is 0.209. The van der Waals surface area contributed by atoms with Gasteiger partial charge in [0, 0.05) is 38.2 Å². The summed E-state index contributed by atoms with van der Waals surface area (Å²) in [4.78, 5) is 38.7. The first-order valence-electron chi connectivity index (χ1n) is 6.00. The van der Waals surface area contributed by atoms with E-state index in [1.54, 1.807) is 18.5 Å². The van der Waals surface area contributed by atoms with Gasteiger partial charge in [-0.05, 0) is 11.6 Å². The lowest BCUT2D eigenvalue weighted by molar-refractivity contribution is -0.121. The molecule has 2 aromatic heterocycles. The van der Waals surface area contributed by atoms with Crippen LogP contribution in [0, 0.1) is 0 Å². The fraction of sp³-hybridized carbons (Fsp3) is 0.231. The summed E-state index contributed by atoms with van der Waals surface area (Å²) in [5, 5.41) is 2.68. The fourth-order valence-corrected chi connectivity index (χ4v) is 1.65. The Morgan fingerprint density at radius 3 is 2.85 bits per heavy atom. The molecule has 0 aliphatic heterocycles. The minimum absolute atomic E-state index is 0.132. The molecule has 0 atom stereocenters. The second-order valence-electron chi connectivity index (χ2n) is 4.26. The third-order valence-corrected chi connectivity index (χ3v) is 2.79. The van der Waals surface area contributed by atoms with Gasteiger partial charge in [-0.3, -0.25) is 23.7 Å². The average Bonchev–Trinajstić information content (AvgIpc) is 2.47. The molecule has 0 aromatic carbocycles. The SMILES string of the molecule is Cn1c(=O)ccn(CC(=O)NCc2cccnc2)c1=O. The van der Waals surface area contributed by atoms with E-state index in [1.807, 2.05) is 6.07 Å². The zero-order valence-electron chi connectivity index (χ0n) is 10.9. The van der Waals surface area contributed by atoms with Crippen molar-refractivity contribution in [3.05, 3.63) is 63.2 Å². The van der Waals surface area contributed by atoms with Crippen LogP contribution in [0.3, 0.4) is 0 Å². The van der Waals surface area contributed by atoms with Crippen LogP contribution < -0.4 is 16.6 Å². The highest BCUT2D eigenvalue weighted by molar-refractivity contribution is 5.75. The smallest absolute Gasteiger partial charge is 0.331 e. The van der Waals surface area contributed by atoms with Gasteiger partial charge in [0.25, 0.3) is 5.56 Å². The summed E-state index contributed by atoms with van der Waals surface area (Å²) in [7, 11) is 1.37. The highest BCUT2D eigenvalue weighted by atomic mass is 16.2. The first-order valence-corrected chi connectivity index (χ1v) is 6.00. The van der Waals surface area contributed by atoms with Crippen LogP contribution in [0.2, 0.25) is 0 Å². The molecule has 0 fully saturated rings. The number of hydrogen-bond acceptors (Lipinski definition) is 4. The van der Waals surface area contributed by atoms with Crippen LogP contribution in [0.1, 0.15) is 5.56 Å². The highest BCUT2D eigenvalue weighted by Crippen LogP contribution is 1.94. The lowest BCUT2D eigenvalue weighted by atomic mass is 10.3. The molecular weight excluding hydrogens is 260 g/mol. The van der Waals surface area contributed by atoms with Gasteiger partial charge in [0.15, 0.2) is 0 Å². The van der Waals surface area contributed by atoms with Crippen LogP contribution in [-0.4, -0.2) is 20.0 Å². The van der Waals surface area contributed by atoms with E-state index in [4.69, 9.17) is 0 Å². The fourth-order valence-electron chi connectivity index (χ4n) is 1.65. The Morgan fingerprint density at radius 2 is 2.15 bits per heavy atom. The lowest BCUT2D eigenvalue weighted by Crippen LogP contribution is -2.40. The van der Waals surface area contributed by atoms with Gasteiger partial charge in [-0.2, -0.15) is 0 Å². The molecule has 0 saturated carbocycles. The lowest BCUT2D eigenvalue weighted by Gasteiger charge is -2.08. The molecule has 2 rings (SSSR count). The Bertz CT molecular complexity index is 718. The van der Waals surface area contributed by atoms with Gasteiger partial charge in [-0.1, -0.05) is 6.07 Å². The van der Waals surface area contributed by atoms with Crippen molar-refractivity contribution in [1.29, 1.82) is 0 Å². The molecule has 0 bridgehead atoms. The van der Waals surface area contributed by atoms with Crippen molar-refractivity contribution < 1.29 is 4.79 Å². The van der Waals surface area contributed by atoms with Crippen molar-refractivity contribution in [2.75, 3.05) is 0 Å². The van der Waals surface area contributed by atoms with Crippen LogP contribution in [-0.2, 0) is 24.9 Å². The first-order chi connectivity index (χ1) is 9.58. The Morgan fingerprint density at radius 1 is 1.35 bits per heavy atom. The molecule has 0 saturated heterocycles. The quantitative estimate of drug-likeness (QED) is 0.795. The molecule has 104 valence electrons. The minimum atomic E-state index is -0.519. The third-order valence-electron chi connectivity index (χ3n) is 2.79. The number of amides is 1. The number of nitrogens with one attached hydrogen (secondary N) is 1. The van der Waals surface area contributed by atoms with E-state index in [0.29, 0.717) is 6.54 Å². The van der Waals surface area contributed by atoms with E-state index >= 15 is 0 Å². The molecule has 0 aliphatic carbocycles. The van der Waals surface area contributed by atoms with Crippen molar-refractivity contribution in [1.82, 2.24) is 19.4 Å². The predicted octanol–water partition coefficient (Wildman–Crippen LogP) is -0.742. The van der Waals surface area contributed by atoms with E-state index in [2.05, 4.69) is 10.3 Å². The standard InChI is InChI=1S/C13H14N4O3/c1-16-12(19)4-6-17(13(16)20)9-11(18)15-8-10-3-2-5-14-7-10/h2-7H,8-9H2,1H3,(H,15,18). The molecule has 2 aromatic rings. The summed E-state index contributed by atoms with van der Waals surface area (Å²) in [6, 6.07) is 4.86. The Labute approximate surface area is 114 Å². The normalized spacial score (nSPS) is 10.2. The van der Waals surface area contributed by atoms with Crippen LogP contribution in [0.5, 0.6) is 0 Å². The average molecular weight is 274 g/mol. The van der Waals surface area contributed by atoms with Gasteiger partial charge in [0.1, 0.15) is 6.54 Å². The van der Waals surface area contributed by atoms with E-state index in [-0.39, 0.29) is 12.5 Å². The largest absolute Gasteiger partial charge is 0.350 e. The summed E-state index contributed by atoms with van der Waals surface area (Å²) < 4.78 is 2.13. The summed E-state index contributed by atoms with van der Waals surface area (Å²) in [6.07, 6.45) is 4.61. The van der Waals surface area contributed by atoms with Gasteiger partial charge in [0.05, 0.1) is 0 Å². The predicted molar refractivity (Wildman–Crippen MR) is 72.0 cm³/mol. The molecule has 7 nitrogen and oxygen atoms in total. The topological polar surface area (TPSA) is 86.0 Å². The van der Waals surface area contributed by atoms with Crippen LogP contribution in [0.25, 0.3) is 0 Å². The van der Waals surface area contributed by atoms with Crippen molar-refractivity contribution in [3.63, 3.8) is 0 Å². The Hall–Kier alpha value is -2.70. The zero-order chi connectivity index (χ0) is 14.5. The summed E-state index contributed by atoms with van der Waals surface area (Å²) in [5.41, 5.74) is -0.0512. The number of pyridine rings is 1. The molecule has 1 N–H and O–H groups in total. The molecule has 20 heavy (non-hydrogen) atoms. The van der Waals surface area contributed by atoms with Crippen molar-refractivity contribution >= 4 is 5.91 Å². The summed E-state index contributed by atoms with van der Waals surface area (Å²) >= 11 is 0. The third kappa shape index (κ3) is 3.19. The molecule has 0 aliphatic rings. The van der Waals surface area contributed by atoms with Crippen molar-refractivity contribution in [3.8, 4) is 0 Å². The van der Waals surface area contributed by atoms with Gasteiger partial charge >= 0.3 is 5.69 Å². The number of carbonyl (C=O) groups excluding carboxylic acids is 1. The van der Waals surface area contributed by atoms with Crippen LogP contribution in [0.4, 0.5) is 0 Å². The second kappa shape index (κ2) is 5.96. The van der Waals surface area contributed by atoms with Crippen molar-refractivity contribution in [2.45, 2.75) is 13.1 Å². The molecule has 7 heteroatoms. The Balaban J connectivity index is 2.00. The maximum Gasteiger partial charge on any atom is 0.331 e. The zero-order valence-corrected chi connectivity index (χ0v) is 10.9. The highest BCUT2D eigenvalue weighted by Gasteiger charge is 2.06. The molecule has 0 radical (unpaired) electrons. The minimum Gasteiger partial charge on any atom is -0.350 e. The maximum atomic E-state index is 11.8. The molecule has 0 spiro atoms. The molecular formula is C13H14N4O3. The second-order valence-corrected chi connectivity index (χ2v) is 4.26. The summed E-state index contributed by atoms with van der Waals surface area (Å²) in [5.74, 6) is -0.311. The van der Waals surface area contributed by atoms with Crippen LogP contribution in [0.15, 0.2) is 46.4 Å². The molecule has 2 heterocycles. The van der Waals surface area contributed by atoms with Gasteiger partial charge in [0.2, 0.25) is 5.91 Å². The van der Waals surface area contributed by atoms with Gasteiger partial charge in [-0.25, -0.2) is 4.79 Å². The number of nitrogens with zero attached hydrogens (tertiary/aromatic N) is 3.